The van der Waals surface area contributed by atoms with Crippen molar-refractivity contribution in [3.05, 3.63) is 33.6 Å². The summed E-state index contributed by atoms with van der Waals surface area (Å²) in [5.41, 5.74) is 1.62. The SMILES string of the molecule is CCc1c(-c2c(OC)cc(OC)cc2OC)[nH]c(=O)c(C)c1O. The van der Waals surface area contributed by atoms with E-state index in [1.54, 1.807) is 26.2 Å². The number of aromatic nitrogens is 1. The lowest BCUT2D eigenvalue weighted by Gasteiger charge is -2.18. The van der Waals surface area contributed by atoms with Gasteiger partial charge in [-0.3, -0.25) is 4.79 Å². The van der Waals surface area contributed by atoms with Gasteiger partial charge in [-0.1, -0.05) is 6.92 Å². The second kappa shape index (κ2) is 6.64. The summed E-state index contributed by atoms with van der Waals surface area (Å²) in [5.74, 6) is 1.52. The molecule has 0 aliphatic carbocycles. The van der Waals surface area contributed by atoms with E-state index in [4.69, 9.17) is 14.2 Å². The fourth-order valence-electron chi connectivity index (χ4n) is 2.54. The summed E-state index contributed by atoms with van der Waals surface area (Å²) >= 11 is 0. The average molecular weight is 319 g/mol. The summed E-state index contributed by atoms with van der Waals surface area (Å²) in [7, 11) is 4.59. The zero-order chi connectivity index (χ0) is 17.1. The quantitative estimate of drug-likeness (QED) is 0.885. The van der Waals surface area contributed by atoms with Crippen LogP contribution in [-0.4, -0.2) is 31.4 Å². The van der Waals surface area contributed by atoms with E-state index in [-0.39, 0.29) is 16.9 Å². The van der Waals surface area contributed by atoms with Crippen molar-refractivity contribution in [2.75, 3.05) is 21.3 Å². The summed E-state index contributed by atoms with van der Waals surface area (Å²) in [5, 5.41) is 10.3. The first-order chi connectivity index (χ1) is 11.0. The van der Waals surface area contributed by atoms with Crippen LogP contribution in [0, 0.1) is 6.92 Å². The minimum Gasteiger partial charge on any atom is -0.507 e. The van der Waals surface area contributed by atoms with E-state index < -0.39 is 0 Å². The number of benzene rings is 1. The highest BCUT2D eigenvalue weighted by molar-refractivity contribution is 5.79. The van der Waals surface area contributed by atoms with Gasteiger partial charge in [-0.05, 0) is 13.3 Å². The Bertz CT molecular complexity index is 754. The Balaban J connectivity index is 2.89. The van der Waals surface area contributed by atoms with Crippen LogP contribution in [0.15, 0.2) is 16.9 Å². The first-order valence-corrected chi connectivity index (χ1v) is 7.23. The number of H-pyrrole nitrogens is 1. The number of nitrogens with one attached hydrogen (secondary N) is 1. The molecule has 0 atom stereocenters. The minimum absolute atomic E-state index is 0.00817. The molecule has 0 saturated heterocycles. The molecule has 0 aliphatic rings. The lowest BCUT2D eigenvalue weighted by Crippen LogP contribution is -2.13. The van der Waals surface area contributed by atoms with Gasteiger partial charge in [-0.25, -0.2) is 0 Å². The molecule has 0 fully saturated rings. The normalized spacial score (nSPS) is 10.5. The lowest BCUT2D eigenvalue weighted by atomic mass is 9.99. The van der Waals surface area contributed by atoms with E-state index in [9.17, 15) is 9.90 Å². The van der Waals surface area contributed by atoms with Gasteiger partial charge in [0.1, 0.15) is 23.0 Å². The first kappa shape index (κ1) is 16.7. The Hall–Kier alpha value is -2.63. The van der Waals surface area contributed by atoms with E-state index in [0.717, 1.165) is 0 Å². The molecule has 2 aromatic rings. The van der Waals surface area contributed by atoms with Crippen molar-refractivity contribution in [3.63, 3.8) is 0 Å². The highest BCUT2D eigenvalue weighted by Crippen LogP contribution is 2.43. The van der Waals surface area contributed by atoms with Crippen LogP contribution in [0.5, 0.6) is 23.0 Å². The number of rotatable bonds is 5. The number of pyridine rings is 1. The zero-order valence-electron chi connectivity index (χ0n) is 13.9. The van der Waals surface area contributed by atoms with Gasteiger partial charge >= 0.3 is 0 Å². The molecule has 124 valence electrons. The van der Waals surface area contributed by atoms with E-state index >= 15 is 0 Å². The first-order valence-electron chi connectivity index (χ1n) is 7.23. The molecule has 0 saturated carbocycles. The minimum atomic E-state index is -0.352. The summed E-state index contributed by atoms with van der Waals surface area (Å²) < 4.78 is 16.1. The fraction of sp³-hybridized carbons (Fsp3) is 0.353. The second-order valence-electron chi connectivity index (χ2n) is 5.04. The van der Waals surface area contributed by atoms with Crippen LogP contribution in [0.1, 0.15) is 18.1 Å². The Morgan fingerprint density at radius 3 is 2.09 bits per heavy atom. The molecular weight excluding hydrogens is 298 g/mol. The molecule has 0 bridgehead atoms. The van der Waals surface area contributed by atoms with Gasteiger partial charge in [0.05, 0.1) is 38.2 Å². The van der Waals surface area contributed by atoms with Crippen molar-refractivity contribution in [1.29, 1.82) is 0 Å². The summed E-state index contributed by atoms with van der Waals surface area (Å²) in [6, 6.07) is 3.40. The summed E-state index contributed by atoms with van der Waals surface area (Å²) in [6.07, 6.45) is 0.539. The van der Waals surface area contributed by atoms with E-state index in [0.29, 0.717) is 40.5 Å². The van der Waals surface area contributed by atoms with Gasteiger partial charge in [0, 0.05) is 17.7 Å². The van der Waals surface area contributed by atoms with Crippen LogP contribution >= 0.6 is 0 Å². The van der Waals surface area contributed by atoms with Crippen LogP contribution in [0.3, 0.4) is 0 Å². The molecule has 1 heterocycles. The van der Waals surface area contributed by atoms with Crippen molar-refractivity contribution in [3.8, 4) is 34.3 Å². The maximum atomic E-state index is 12.1. The number of methoxy groups -OCH3 is 3. The number of hydrogen-bond acceptors (Lipinski definition) is 5. The molecule has 2 N–H and O–H groups in total. The van der Waals surface area contributed by atoms with Crippen LogP contribution in [0.4, 0.5) is 0 Å². The largest absolute Gasteiger partial charge is 0.507 e. The number of aromatic amines is 1. The standard InChI is InChI=1S/C17H21NO5/c1-6-11-15(18-17(20)9(2)16(11)19)14-12(22-4)7-10(21-3)8-13(14)23-5/h7-8H,6H2,1-5H3,(H2,18,19,20). The average Bonchev–Trinajstić information content (AvgIpc) is 2.58. The number of hydrogen-bond donors (Lipinski definition) is 2. The Morgan fingerprint density at radius 1 is 1.09 bits per heavy atom. The predicted octanol–water partition coefficient (Wildman–Crippen LogP) is 2.64. The van der Waals surface area contributed by atoms with Crippen LogP contribution in [0.2, 0.25) is 0 Å². The fourth-order valence-corrected chi connectivity index (χ4v) is 2.54. The molecular formula is C17H21NO5. The maximum absolute atomic E-state index is 12.1. The molecule has 0 amide bonds. The van der Waals surface area contributed by atoms with Crippen molar-refractivity contribution in [1.82, 2.24) is 4.98 Å². The number of aromatic hydroxyl groups is 1. The summed E-state index contributed by atoms with van der Waals surface area (Å²) in [6.45, 7) is 3.48. The van der Waals surface area contributed by atoms with Gasteiger partial charge in [-0.2, -0.15) is 0 Å². The van der Waals surface area contributed by atoms with E-state index in [2.05, 4.69) is 4.98 Å². The smallest absolute Gasteiger partial charge is 0.255 e. The monoisotopic (exact) mass is 319 g/mol. The topological polar surface area (TPSA) is 80.8 Å². The molecule has 1 aromatic heterocycles. The van der Waals surface area contributed by atoms with Crippen molar-refractivity contribution in [2.24, 2.45) is 0 Å². The van der Waals surface area contributed by atoms with E-state index in [1.807, 2.05) is 6.92 Å². The van der Waals surface area contributed by atoms with Gasteiger partial charge < -0.3 is 24.3 Å². The number of ether oxygens (including phenoxy) is 3. The molecule has 2 rings (SSSR count). The third-order valence-electron chi connectivity index (χ3n) is 3.84. The Labute approximate surface area is 134 Å². The van der Waals surface area contributed by atoms with Crippen molar-refractivity contribution in [2.45, 2.75) is 20.3 Å². The third kappa shape index (κ3) is 2.84. The molecule has 0 spiro atoms. The molecule has 0 radical (unpaired) electrons. The third-order valence-corrected chi connectivity index (χ3v) is 3.84. The molecule has 6 heteroatoms. The van der Waals surface area contributed by atoms with Crippen molar-refractivity contribution < 1.29 is 19.3 Å². The van der Waals surface area contributed by atoms with Crippen molar-refractivity contribution >= 4 is 0 Å². The van der Waals surface area contributed by atoms with Gasteiger partial charge in [0.2, 0.25) is 0 Å². The molecule has 0 unspecified atom stereocenters. The maximum Gasteiger partial charge on any atom is 0.255 e. The van der Waals surface area contributed by atoms with E-state index in [1.165, 1.54) is 14.2 Å². The van der Waals surface area contributed by atoms with Gasteiger partial charge in [0.15, 0.2) is 0 Å². The van der Waals surface area contributed by atoms with Gasteiger partial charge in [-0.15, -0.1) is 0 Å². The molecule has 23 heavy (non-hydrogen) atoms. The zero-order valence-corrected chi connectivity index (χ0v) is 13.9. The molecule has 6 nitrogen and oxygen atoms in total. The Morgan fingerprint density at radius 2 is 1.65 bits per heavy atom. The van der Waals surface area contributed by atoms with Gasteiger partial charge in [0.25, 0.3) is 5.56 Å². The predicted molar refractivity (Wildman–Crippen MR) is 87.9 cm³/mol. The van der Waals surface area contributed by atoms with Crippen LogP contribution < -0.4 is 19.8 Å². The molecule has 1 aromatic carbocycles. The highest BCUT2D eigenvalue weighted by Gasteiger charge is 2.22. The van der Waals surface area contributed by atoms with Crippen LogP contribution in [0.25, 0.3) is 11.3 Å². The highest BCUT2D eigenvalue weighted by atomic mass is 16.5. The Kier molecular flexibility index (Phi) is 4.83. The second-order valence-corrected chi connectivity index (χ2v) is 5.04. The van der Waals surface area contributed by atoms with Crippen LogP contribution in [-0.2, 0) is 6.42 Å². The summed E-state index contributed by atoms with van der Waals surface area (Å²) in [4.78, 5) is 14.9. The lowest BCUT2D eigenvalue weighted by molar-refractivity contribution is 0.377. The molecule has 0 aliphatic heterocycles.